The van der Waals surface area contributed by atoms with Crippen molar-refractivity contribution in [1.29, 1.82) is 0 Å². The van der Waals surface area contributed by atoms with Crippen molar-refractivity contribution in [3.63, 3.8) is 0 Å². The molecule has 19 heavy (non-hydrogen) atoms. The molecule has 3 rings (SSSR count). The van der Waals surface area contributed by atoms with Gasteiger partial charge >= 0.3 is 0 Å². The largest absolute Gasteiger partial charge is 0.357 e. The number of benzene rings is 1. The Labute approximate surface area is 118 Å². The molecule has 1 aliphatic rings. The molecular weight excluding hydrogens is 254 g/mol. The van der Waals surface area contributed by atoms with Crippen LogP contribution in [0.1, 0.15) is 23.1 Å². The molecule has 0 saturated carbocycles. The summed E-state index contributed by atoms with van der Waals surface area (Å²) in [6.45, 7) is 6.41. The molecule has 0 spiro atoms. The fourth-order valence-corrected chi connectivity index (χ4v) is 3.41. The molecule has 0 unspecified atom stereocenters. The molecule has 1 aromatic carbocycles. The van der Waals surface area contributed by atoms with Crippen molar-refractivity contribution in [1.82, 2.24) is 9.88 Å². The summed E-state index contributed by atoms with van der Waals surface area (Å²) in [7, 11) is 0. The highest BCUT2D eigenvalue weighted by atomic mass is 32.1. The number of fused-ring (bicyclic) bond motifs is 1. The predicted molar refractivity (Wildman–Crippen MR) is 80.5 cm³/mol. The van der Waals surface area contributed by atoms with E-state index in [4.69, 9.17) is 4.98 Å². The van der Waals surface area contributed by atoms with E-state index >= 15 is 0 Å². The van der Waals surface area contributed by atoms with Crippen LogP contribution in [-0.4, -0.2) is 23.0 Å². The fraction of sp³-hybridized carbons (Fsp3) is 0.400. The van der Waals surface area contributed by atoms with Crippen molar-refractivity contribution in [2.75, 3.05) is 18.4 Å². The Kier molecular flexibility index (Phi) is 3.80. The van der Waals surface area contributed by atoms with Crippen molar-refractivity contribution >= 4 is 16.5 Å². The predicted octanol–water partition coefficient (Wildman–Crippen LogP) is 3.13. The quantitative estimate of drug-likeness (QED) is 0.927. The second-order valence-electron chi connectivity index (χ2n) is 4.85. The fourth-order valence-electron chi connectivity index (χ4n) is 2.37. The maximum absolute atomic E-state index is 4.72. The first kappa shape index (κ1) is 12.6. The Bertz CT molecular complexity index is 536. The minimum atomic E-state index is 0.852. The molecule has 2 aromatic rings. The third-order valence-electron chi connectivity index (χ3n) is 3.54. The number of aromatic nitrogens is 1. The van der Waals surface area contributed by atoms with E-state index in [-0.39, 0.29) is 0 Å². The molecule has 0 atom stereocenters. The average Bonchev–Trinajstić information content (AvgIpc) is 2.88. The van der Waals surface area contributed by atoms with E-state index < -0.39 is 0 Å². The van der Waals surface area contributed by atoms with Gasteiger partial charge in [-0.25, -0.2) is 4.98 Å². The van der Waals surface area contributed by atoms with Crippen LogP contribution in [0.3, 0.4) is 0 Å². The normalized spacial score (nSPS) is 15.2. The third kappa shape index (κ3) is 2.96. The van der Waals surface area contributed by atoms with Crippen molar-refractivity contribution in [2.24, 2.45) is 0 Å². The highest BCUT2D eigenvalue weighted by Crippen LogP contribution is 2.28. The van der Waals surface area contributed by atoms with Crippen LogP contribution in [0.5, 0.6) is 0 Å². The summed E-state index contributed by atoms with van der Waals surface area (Å²) in [5, 5.41) is 4.50. The number of nitrogens with zero attached hydrogens (tertiary/aromatic N) is 2. The average molecular weight is 273 g/mol. The monoisotopic (exact) mass is 273 g/mol. The Morgan fingerprint density at radius 1 is 1.32 bits per heavy atom. The van der Waals surface area contributed by atoms with Gasteiger partial charge in [-0.05, 0) is 12.1 Å². The number of rotatable bonds is 4. The van der Waals surface area contributed by atoms with Crippen molar-refractivity contribution in [2.45, 2.75) is 26.4 Å². The van der Waals surface area contributed by atoms with Gasteiger partial charge in [0.2, 0.25) is 0 Å². The Balaban J connectivity index is 1.65. The Hall–Kier alpha value is -1.39. The van der Waals surface area contributed by atoms with Crippen LogP contribution in [-0.2, 0) is 19.5 Å². The Morgan fingerprint density at radius 3 is 2.95 bits per heavy atom. The molecule has 100 valence electrons. The standard InChI is InChI=1S/C15H19N3S/c1-2-18-9-8-13-14(11-18)19-15(17-13)16-10-12-6-4-3-5-7-12/h3-7H,2,8-11H2,1H3,(H,16,17). The number of anilines is 1. The van der Waals surface area contributed by atoms with Crippen LogP contribution in [0.25, 0.3) is 0 Å². The van der Waals surface area contributed by atoms with E-state index in [0.717, 1.165) is 37.7 Å². The molecule has 0 saturated heterocycles. The molecule has 1 N–H and O–H groups in total. The van der Waals surface area contributed by atoms with E-state index in [9.17, 15) is 0 Å². The van der Waals surface area contributed by atoms with E-state index in [0.29, 0.717) is 0 Å². The van der Waals surface area contributed by atoms with Crippen LogP contribution < -0.4 is 5.32 Å². The van der Waals surface area contributed by atoms with Gasteiger partial charge in [-0.1, -0.05) is 37.3 Å². The van der Waals surface area contributed by atoms with Crippen LogP contribution >= 0.6 is 11.3 Å². The van der Waals surface area contributed by atoms with E-state index in [1.807, 2.05) is 17.4 Å². The lowest BCUT2D eigenvalue weighted by Gasteiger charge is -2.23. The minimum absolute atomic E-state index is 0.852. The van der Waals surface area contributed by atoms with Gasteiger partial charge in [0.05, 0.1) is 5.69 Å². The zero-order chi connectivity index (χ0) is 13.1. The molecule has 0 radical (unpaired) electrons. The molecule has 0 amide bonds. The number of nitrogens with one attached hydrogen (secondary N) is 1. The molecule has 4 heteroatoms. The van der Waals surface area contributed by atoms with Crippen molar-refractivity contribution in [3.8, 4) is 0 Å². The van der Waals surface area contributed by atoms with E-state index in [1.165, 1.54) is 16.1 Å². The first-order valence-electron chi connectivity index (χ1n) is 6.84. The highest BCUT2D eigenvalue weighted by molar-refractivity contribution is 7.15. The third-order valence-corrected chi connectivity index (χ3v) is 4.58. The summed E-state index contributed by atoms with van der Waals surface area (Å²) in [4.78, 5) is 8.62. The molecule has 1 aliphatic heterocycles. The molecule has 0 aliphatic carbocycles. The van der Waals surface area contributed by atoms with Crippen LogP contribution in [0.2, 0.25) is 0 Å². The number of likely N-dealkylation sites (N-methyl/N-ethyl adjacent to an activating group) is 1. The summed E-state index contributed by atoms with van der Waals surface area (Å²) in [6.07, 6.45) is 1.09. The van der Waals surface area contributed by atoms with Gasteiger partial charge in [0.15, 0.2) is 5.13 Å². The molecule has 0 fully saturated rings. The lowest BCUT2D eigenvalue weighted by atomic mass is 10.2. The van der Waals surface area contributed by atoms with Gasteiger partial charge in [-0.3, -0.25) is 4.90 Å². The molecule has 3 nitrogen and oxygen atoms in total. The van der Waals surface area contributed by atoms with Crippen LogP contribution in [0.4, 0.5) is 5.13 Å². The summed E-state index contributed by atoms with van der Waals surface area (Å²) < 4.78 is 0. The molecule has 2 heterocycles. The topological polar surface area (TPSA) is 28.2 Å². The molecule has 0 bridgehead atoms. The highest BCUT2D eigenvalue weighted by Gasteiger charge is 2.19. The first-order valence-corrected chi connectivity index (χ1v) is 7.65. The summed E-state index contributed by atoms with van der Waals surface area (Å²) in [6, 6.07) is 10.5. The summed E-state index contributed by atoms with van der Waals surface area (Å²) >= 11 is 1.81. The number of hydrogen-bond donors (Lipinski definition) is 1. The van der Waals surface area contributed by atoms with Gasteiger partial charge < -0.3 is 5.32 Å². The first-order chi connectivity index (χ1) is 9.35. The van der Waals surface area contributed by atoms with Gasteiger partial charge in [-0.15, -0.1) is 11.3 Å². The molecular formula is C15H19N3S. The Morgan fingerprint density at radius 2 is 2.16 bits per heavy atom. The van der Waals surface area contributed by atoms with Gasteiger partial charge in [0.25, 0.3) is 0 Å². The maximum atomic E-state index is 4.72. The zero-order valence-electron chi connectivity index (χ0n) is 11.2. The lowest BCUT2D eigenvalue weighted by molar-refractivity contribution is 0.270. The van der Waals surface area contributed by atoms with Gasteiger partial charge in [0.1, 0.15) is 0 Å². The summed E-state index contributed by atoms with van der Waals surface area (Å²) in [5.74, 6) is 0. The van der Waals surface area contributed by atoms with Gasteiger partial charge in [0, 0.05) is 30.9 Å². The van der Waals surface area contributed by atoms with E-state index in [1.54, 1.807) is 0 Å². The SMILES string of the molecule is CCN1CCc2nc(NCc3ccccc3)sc2C1. The lowest BCUT2D eigenvalue weighted by Crippen LogP contribution is -2.29. The second kappa shape index (κ2) is 5.72. The number of thiazole rings is 1. The zero-order valence-corrected chi connectivity index (χ0v) is 12.0. The van der Waals surface area contributed by atoms with Gasteiger partial charge in [-0.2, -0.15) is 0 Å². The minimum Gasteiger partial charge on any atom is -0.357 e. The summed E-state index contributed by atoms with van der Waals surface area (Å²) in [5.41, 5.74) is 2.59. The van der Waals surface area contributed by atoms with Crippen LogP contribution in [0.15, 0.2) is 30.3 Å². The van der Waals surface area contributed by atoms with Crippen molar-refractivity contribution in [3.05, 3.63) is 46.5 Å². The smallest absolute Gasteiger partial charge is 0.183 e. The van der Waals surface area contributed by atoms with Crippen molar-refractivity contribution < 1.29 is 0 Å². The number of hydrogen-bond acceptors (Lipinski definition) is 4. The maximum Gasteiger partial charge on any atom is 0.183 e. The second-order valence-corrected chi connectivity index (χ2v) is 5.93. The van der Waals surface area contributed by atoms with Crippen LogP contribution in [0, 0.1) is 0 Å². The molecule has 1 aromatic heterocycles. The van der Waals surface area contributed by atoms with E-state index in [2.05, 4.69) is 41.4 Å².